The smallest absolute Gasteiger partial charge is 0.321 e. The van der Waals surface area contributed by atoms with Gasteiger partial charge in [0.1, 0.15) is 48.3 Å². The van der Waals surface area contributed by atoms with E-state index in [0.29, 0.717) is 40.7 Å². The van der Waals surface area contributed by atoms with Gasteiger partial charge in [-0.3, -0.25) is 67.6 Å². The number of amides is 12. The molecular formula is C61H90N18O14. The third-order valence-corrected chi connectivity index (χ3v) is 15.7. The largest absolute Gasteiger partial charge is 0.480 e. The summed E-state index contributed by atoms with van der Waals surface area (Å²) in [6.07, 6.45) is 12.5. The number of aromatic nitrogens is 5. The van der Waals surface area contributed by atoms with Gasteiger partial charge in [0.2, 0.25) is 70.9 Å². The zero-order chi connectivity index (χ0) is 68.0. The molecule has 4 aromatic rings. The van der Waals surface area contributed by atoms with Crippen LogP contribution in [-0.2, 0) is 81.6 Å². The van der Waals surface area contributed by atoms with Crippen LogP contribution in [0.2, 0.25) is 0 Å². The van der Waals surface area contributed by atoms with E-state index in [2.05, 4.69) is 83.4 Å². The van der Waals surface area contributed by atoms with E-state index in [4.69, 9.17) is 11.5 Å². The second-order valence-electron chi connectivity index (χ2n) is 23.5. The summed E-state index contributed by atoms with van der Waals surface area (Å²) in [6, 6.07) is -2.77. The van der Waals surface area contributed by atoms with E-state index in [1.165, 1.54) is 32.0 Å². The van der Waals surface area contributed by atoms with Crippen LogP contribution in [0.5, 0.6) is 0 Å². The Hall–Kier alpha value is -9.75. The highest BCUT2D eigenvalue weighted by molar-refractivity contribution is 5.98. The van der Waals surface area contributed by atoms with Gasteiger partial charge in [-0.2, -0.15) is 0 Å². The lowest BCUT2D eigenvalue weighted by atomic mass is 9.84. The van der Waals surface area contributed by atoms with Crippen LogP contribution in [0.15, 0.2) is 55.5 Å². The summed E-state index contributed by atoms with van der Waals surface area (Å²) < 4.78 is 0. The van der Waals surface area contributed by atoms with Crippen molar-refractivity contribution in [2.75, 3.05) is 26.2 Å². The Morgan fingerprint density at radius 2 is 1.15 bits per heavy atom. The van der Waals surface area contributed by atoms with Crippen LogP contribution in [0.1, 0.15) is 128 Å². The highest BCUT2D eigenvalue weighted by atomic mass is 16.4. The van der Waals surface area contributed by atoms with E-state index in [1.807, 2.05) is 6.92 Å². The Balaban J connectivity index is 1.18. The number of fused-ring (bicyclic) bond motifs is 1. The van der Waals surface area contributed by atoms with Crippen LogP contribution in [-0.4, -0.2) is 181 Å². The molecule has 0 bridgehead atoms. The molecule has 1 unspecified atom stereocenters. The Bertz CT molecular complexity index is 3170. The number of hydrogen-bond acceptors (Lipinski definition) is 16. The van der Waals surface area contributed by atoms with Gasteiger partial charge in [-0.1, -0.05) is 83.9 Å². The number of H-pyrrole nitrogens is 3. The number of nitrogens with two attached hydrogens (primary N) is 2. The van der Waals surface area contributed by atoms with Crippen molar-refractivity contribution >= 4 is 87.8 Å². The van der Waals surface area contributed by atoms with Crippen LogP contribution in [0.3, 0.4) is 0 Å². The number of rotatable bonds is 41. The fourth-order valence-corrected chi connectivity index (χ4v) is 10.5. The van der Waals surface area contributed by atoms with Gasteiger partial charge in [-0.15, -0.1) is 0 Å². The predicted molar refractivity (Wildman–Crippen MR) is 337 cm³/mol. The van der Waals surface area contributed by atoms with Crippen LogP contribution in [0, 0.1) is 11.8 Å². The molecule has 12 amide bonds. The van der Waals surface area contributed by atoms with Gasteiger partial charge >= 0.3 is 5.97 Å². The first kappa shape index (κ1) is 74.0. The number of nitrogens with one attached hydrogen (secondary N) is 14. The third kappa shape index (κ3) is 25.8. The molecule has 19 N–H and O–H groups in total. The molecule has 1 aliphatic carbocycles. The summed E-state index contributed by atoms with van der Waals surface area (Å²) in [7, 11) is 0. The molecule has 3 aromatic heterocycles. The van der Waals surface area contributed by atoms with Crippen molar-refractivity contribution in [1.82, 2.24) is 83.4 Å². The average molecular weight is 1300 g/mol. The van der Waals surface area contributed by atoms with Gasteiger partial charge in [0.25, 0.3) is 0 Å². The van der Waals surface area contributed by atoms with Crippen molar-refractivity contribution in [1.29, 1.82) is 0 Å². The van der Waals surface area contributed by atoms with E-state index in [0.717, 1.165) is 38.5 Å². The van der Waals surface area contributed by atoms with Crippen LogP contribution in [0.25, 0.3) is 10.9 Å². The maximum atomic E-state index is 14.3. The van der Waals surface area contributed by atoms with E-state index in [1.54, 1.807) is 44.3 Å². The van der Waals surface area contributed by atoms with Gasteiger partial charge in [0, 0.05) is 92.5 Å². The van der Waals surface area contributed by atoms with E-state index >= 15 is 0 Å². The molecule has 0 aliphatic heterocycles. The monoisotopic (exact) mass is 1300 g/mol. The number of imidazole rings is 2. The first-order chi connectivity index (χ1) is 44.4. The second kappa shape index (κ2) is 38.2. The quantitative estimate of drug-likeness (QED) is 0.0224. The van der Waals surface area contributed by atoms with Gasteiger partial charge in [-0.25, -0.2) is 9.97 Å². The molecule has 1 fully saturated rings. The zero-order valence-corrected chi connectivity index (χ0v) is 52.9. The molecule has 508 valence electrons. The Labute approximate surface area is 537 Å². The third-order valence-electron chi connectivity index (χ3n) is 15.7. The number of aliphatic carboxylic acids is 1. The lowest BCUT2D eigenvalue weighted by Gasteiger charge is -2.29. The second-order valence-corrected chi connectivity index (χ2v) is 23.5. The number of carbonyl (C=O) groups excluding carboxylic acids is 12. The zero-order valence-electron chi connectivity index (χ0n) is 52.9. The molecule has 8 atom stereocenters. The van der Waals surface area contributed by atoms with Crippen molar-refractivity contribution < 1.29 is 67.4 Å². The highest BCUT2D eigenvalue weighted by Crippen LogP contribution is 2.28. The number of carboxylic acid groups (broad SMARTS) is 1. The van der Waals surface area contributed by atoms with Gasteiger partial charge in [0.15, 0.2) is 0 Å². The van der Waals surface area contributed by atoms with Gasteiger partial charge < -0.3 is 84.7 Å². The normalized spacial score (nSPS) is 14.9. The topological polar surface area (TPSA) is 500 Å². The van der Waals surface area contributed by atoms with Crippen LogP contribution >= 0.6 is 0 Å². The predicted octanol–water partition coefficient (Wildman–Crippen LogP) is -2.21. The lowest BCUT2D eigenvalue weighted by Crippen LogP contribution is -2.59. The summed E-state index contributed by atoms with van der Waals surface area (Å²) in [6.45, 7) is 5.19. The fourth-order valence-electron chi connectivity index (χ4n) is 10.5. The Morgan fingerprint density at radius 1 is 0.570 bits per heavy atom. The van der Waals surface area contributed by atoms with Gasteiger partial charge in [-0.05, 0) is 49.7 Å². The minimum absolute atomic E-state index is 0.0432. The first-order valence-electron chi connectivity index (χ1n) is 31.4. The summed E-state index contributed by atoms with van der Waals surface area (Å²) in [5, 5.41) is 38.9. The standard InChI is InChI=1S/C61H90N18O14/c1-5-6-15-42(54(63)85)76-58(89)44(23-36-12-8-7-9-13-36)77-59(90)46(25-38-28-64-32-71-38)75-52(84)31-70-60(91)53(34(2)3)79-55(86)35(4)73-57(88)45(24-37-27-68-41-16-11-10-14-40(37)41)78-56(87)43(17-18-48(62)80)74-50(82)20-22-66-49(81)19-21-67-51(83)30-69-47(61(92)93)26-39-29-65-33-72-39/h10-11,14,16,27-29,32-36,42-47,53,68-69H,5-9,12-13,15,17-26,30-31H2,1-4H3,(H2,62,80)(H2,63,85)(H,64,71)(H,65,72)(H,66,81)(H,67,83)(H,70,91)(H,73,88)(H,74,82)(H,75,84)(H,76,89)(H,77,90)(H,78,87)(H,79,86)(H,92,93)/t35-,42-,43-,44-,45-,46-,47?,53-/m0/s1. The summed E-state index contributed by atoms with van der Waals surface area (Å²) >= 11 is 0. The Kier molecular flexibility index (Phi) is 30.4. The summed E-state index contributed by atoms with van der Waals surface area (Å²) in [5.41, 5.74) is 13.4. The molecule has 32 heteroatoms. The summed E-state index contributed by atoms with van der Waals surface area (Å²) in [5.74, 6) is -10.5. The van der Waals surface area contributed by atoms with Crippen molar-refractivity contribution in [2.45, 2.75) is 179 Å². The minimum Gasteiger partial charge on any atom is -0.480 e. The molecule has 1 aromatic carbocycles. The summed E-state index contributed by atoms with van der Waals surface area (Å²) in [4.78, 5) is 189. The van der Waals surface area contributed by atoms with Crippen LogP contribution in [0.4, 0.5) is 0 Å². The number of hydrogen-bond donors (Lipinski definition) is 17. The molecule has 1 saturated carbocycles. The molecule has 0 spiro atoms. The highest BCUT2D eigenvalue weighted by Gasteiger charge is 2.35. The van der Waals surface area contributed by atoms with Crippen molar-refractivity contribution in [2.24, 2.45) is 23.3 Å². The van der Waals surface area contributed by atoms with Crippen LogP contribution < -0.4 is 70.0 Å². The molecule has 1 aliphatic rings. The van der Waals surface area contributed by atoms with Gasteiger partial charge in [0.05, 0.1) is 25.7 Å². The maximum Gasteiger partial charge on any atom is 0.321 e. The molecular weight excluding hydrogens is 1210 g/mol. The number of primary amides is 2. The molecule has 93 heavy (non-hydrogen) atoms. The molecule has 3 heterocycles. The van der Waals surface area contributed by atoms with E-state index in [9.17, 15) is 67.4 Å². The van der Waals surface area contributed by atoms with Crippen molar-refractivity contribution in [3.63, 3.8) is 0 Å². The molecule has 5 rings (SSSR count). The number of carbonyl (C=O) groups is 13. The average Bonchev–Trinajstić information content (AvgIpc) is 1.90. The van der Waals surface area contributed by atoms with E-state index < -0.39 is 138 Å². The molecule has 0 radical (unpaired) electrons. The Morgan fingerprint density at radius 3 is 1.77 bits per heavy atom. The SMILES string of the molecule is CCCC[C@H](NC(=O)[C@H](CC1CCCCC1)NC(=O)[C@H](Cc1cnc[nH]1)NC(=O)CNC(=O)[C@@H](NC(=O)[C@H](C)NC(=O)[C@H](Cc1c[nH]c2ccccc12)NC(=O)[C@H](CCC(N)=O)NC(=O)CCNC(=O)CCNC(=O)CNC(Cc1cnc[nH]1)C(=O)O)C(C)C)C(N)=O. The first-order valence-corrected chi connectivity index (χ1v) is 31.4. The minimum atomic E-state index is -1.43. The number of para-hydroxylation sites is 1. The fraction of sp³-hybridized carbons (Fsp3) is 0.557. The molecule has 32 nitrogen and oxygen atoms in total. The molecule has 0 saturated heterocycles. The van der Waals surface area contributed by atoms with Crippen molar-refractivity contribution in [3.05, 3.63) is 72.5 Å². The van der Waals surface area contributed by atoms with E-state index in [-0.39, 0.29) is 76.9 Å². The number of nitrogens with zero attached hydrogens (tertiary/aromatic N) is 2. The van der Waals surface area contributed by atoms with Crippen molar-refractivity contribution in [3.8, 4) is 0 Å². The number of unbranched alkanes of at least 4 members (excludes halogenated alkanes) is 1. The maximum absolute atomic E-state index is 14.3. The number of carboxylic acids is 1. The number of benzene rings is 1. The number of aromatic amines is 3. The lowest BCUT2D eigenvalue weighted by molar-refractivity contribution is -0.139.